The van der Waals surface area contributed by atoms with E-state index in [2.05, 4.69) is 15.3 Å². The number of carbonyl (C=O) groups is 2. The molecule has 2 saturated heterocycles. The topological polar surface area (TPSA) is 110 Å². The van der Waals surface area contributed by atoms with Gasteiger partial charge in [0, 0.05) is 25.5 Å². The first-order valence-electron chi connectivity index (χ1n) is 6.91. The molecule has 0 bridgehead atoms. The van der Waals surface area contributed by atoms with Gasteiger partial charge in [-0.25, -0.2) is 9.78 Å². The smallest absolute Gasteiger partial charge is 0.315 e. The Balaban J connectivity index is 1.73. The first-order valence-corrected chi connectivity index (χ1v) is 6.91. The fourth-order valence-electron chi connectivity index (χ4n) is 3.00. The van der Waals surface area contributed by atoms with Crippen LogP contribution in [-0.4, -0.2) is 58.1 Å². The Morgan fingerprint density at radius 1 is 1.43 bits per heavy atom. The van der Waals surface area contributed by atoms with Gasteiger partial charge in [-0.2, -0.15) is 0 Å². The number of nitrogens with zero attached hydrogens (tertiary/aromatic N) is 3. The lowest BCUT2D eigenvalue weighted by Crippen LogP contribution is -2.48. The van der Waals surface area contributed by atoms with Crippen LogP contribution in [0, 0.1) is 0 Å². The minimum Gasteiger partial charge on any atom is -0.374 e. The minimum atomic E-state index is -0.480. The molecule has 0 unspecified atom stereocenters. The quantitative estimate of drug-likeness (QED) is 0.764. The van der Waals surface area contributed by atoms with Crippen LogP contribution in [0.3, 0.4) is 0 Å². The number of nitrogens with two attached hydrogens (primary N) is 1. The van der Waals surface area contributed by atoms with Crippen LogP contribution in [0.1, 0.15) is 23.3 Å². The molecule has 0 saturated carbocycles. The Bertz CT molecular complexity index is 538. The summed E-state index contributed by atoms with van der Waals surface area (Å²) in [6.45, 7) is 0.988. The van der Waals surface area contributed by atoms with E-state index in [4.69, 9.17) is 10.5 Å². The van der Waals surface area contributed by atoms with Crippen LogP contribution in [-0.2, 0) is 4.74 Å². The minimum absolute atomic E-state index is 0.0663. The number of aromatic nitrogens is 2. The van der Waals surface area contributed by atoms with Crippen molar-refractivity contribution in [1.82, 2.24) is 20.2 Å². The predicted octanol–water partition coefficient (Wildman–Crippen LogP) is -0.483. The Labute approximate surface area is 121 Å². The number of likely N-dealkylation sites (tertiary alicyclic amines) is 1. The van der Waals surface area contributed by atoms with Crippen molar-refractivity contribution in [3.8, 4) is 0 Å². The van der Waals surface area contributed by atoms with E-state index in [-0.39, 0.29) is 29.8 Å². The molecule has 3 amide bonds. The van der Waals surface area contributed by atoms with E-state index in [1.807, 2.05) is 0 Å². The summed E-state index contributed by atoms with van der Waals surface area (Å²) in [5, 5.41) is 2.86. The van der Waals surface area contributed by atoms with Gasteiger partial charge in [0.25, 0.3) is 5.91 Å². The number of hydrogen-bond acceptors (Lipinski definition) is 5. The standard InChI is InChI=1S/C13H17N5O3/c14-13(20)18-7-9(11-10(18)2-1-5-21-11)17-12(19)8-6-15-3-4-16-8/h3-4,6,9-11H,1-2,5,7H2,(H2,14,20)(H,17,19)/t9-,10+,11+/m1/s1. The van der Waals surface area contributed by atoms with Crippen LogP contribution in [0.5, 0.6) is 0 Å². The normalized spacial score (nSPS) is 28.0. The molecular formula is C13H17N5O3. The van der Waals surface area contributed by atoms with Gasteiger partial charge < -0.3 is 20.7 Å². The van der Waals surface area contributed by atoms with Crippen molar-refractivity contribution in [1.29, 1.82) is 0 Å². The maximum Gasteiger partial charge on any atom is 0.315 e. The summed E-state index contributed by atoms with van der Waals surface area (Å²) in [6.07, 6.45) is 5.86. The maximum atomic E-state index is 12.1. The van der Waals surface area contributed by atoms with Crippen molar-refractivity contribution in [3.63, 3.8) is 0 Å². The van der Waals surface area contributed by atoms with Crippen molar-refractivity contribution in [3.05, 3.63) is 24.3 Å². The van der Waals surface area contributed by atoms with Crippen molar-refractivity contribution < 1.29 is 14.3 Å². The van der Waals surface area contributed by atoms with Crippen LogP contribution in [0.4, 0.5) is 4.79 Å². The van der Waals surface area contributed by atoms with Gasteiger partial charge in [-0.05, 0) is 12.8 Å². The number of nitrogens with one attached hydrogen (secondary N) is 1. The summed E-state index contributed by atoms with van der Waals surface area (Å²) in [5.41, 5.74) is 5.64. The highest BCUT2D eigenvalue weighted by Gasteiger charge is 2.46. The highest BCUT2D eigenvalue weighted by Crippen LogP contribution is 2.28. The molecule has 0 aromatic carbocycles. The van der Waals surface area contributed by atoms with Gasteiger partial charge in [-0.3, -0.25) is 9.78 Å². The molecule has 21 heavy (non-hydrogen) atoms. The number of carbonyl (C=O) groups excluding carboxylic acids is 2. The first-order chi connectivity index (χ1) is 10.2. The number of primary amides is 1. The van der Waals surface area contributed by atoms with E-state index in [1.165, 1.54) is 18.6 Å². The Hall–Kier alpha value is -2.22. The summed E-state index contributed by atoms with van der Waals surface area (Å²) < 4.78 is 5.73. The van der Waals surface area contributed by atoms with E-state index in [9.17, 15) is 9.59 Å². The molecule has 0 spiro atoms. The molecule has 2 aliphatic heterocycles. The second-order valence-electron chi connectivity index (χ2n) is 5.21. The average molecular weight is 291 g/mol. The number of urea groups is 1. The number of fused-ring (bicyclic) bond motifs is 1. The third-order valence-electron chi connectivity index (χ3n) is 3.92. The van der Waals surface area contributed by atoms with Gasteiger partial charge in [0.15, 0.2) is 0 Å². The SMILES string of the molecule is NC(=O)N1C[C@@H](NC(=O)c2cnccn2)[C@@H]2OCCC[C@@H]21. The number of amides is 3. The maximum absolute atomic E-state index is 12.1. The highest BCUT2D eigenvalue weighted by molar-refractivity contribution is 5.92. The number of ether oxygens (including phenoxy) is 1. The van der Waals surface area contributed by atoms with Crippen LogP contribution < -0.4 is 11.1 Å². The summed E-state index contributed by atoms with van der Waals surface area (Å²) in [4.78, 5) is 33.1. The molecule has 3 rings (SSSR count). The zero-order valence-corrected chi connectivity index (χ0v) is 11.4. The zero-order chi connectivity index (χ0) is 14.8. The predicted molar refractivity (Wildman–Crippen MR) is 72.3 cm³/mol. The first kappa shape index (κ1) is 13.7. The van der Waals surface area contributed by atoms with Gasteiger partial charge in [0.1, 0.15) is 5.69 Å². The van der Waals surface area contributed by atoms with Gasteiger partial charge in [-0.1, -0.05) is 0 Å². The molecule has 3 atom stereocenters. The Morgan fingerprint density at radius 3 is 3.00 bits per heavy atom. The third kappa shape index (κ3) is 2.66. The van der Waals surface area contributed by atoms with Crippen LogP contribution in [0.25, 0.3) is 0 Å². The molecule has 0 radical (unpaired) electrons. The van der Waals surface area contributed by atoms with E-state index >= 15 is 0 Å². The average Bonchev–Trinajstić information content (AvgIpc) is 2.87. The third-order valence-corrected chi connectivity index (χ3v) is 3.92. The molecule has 0 aliphatic carbocycles. The monoisotopic (exact) mass is 291 g/mol. The molecule has 8 heteroatoms. The van der Waals surface area contributed by atoms with Gasteiger partial charge in [0.05, 0.1) is 24.4 Å². The fourth-order valence-corrected chi connectivity index (χ4v) is 3.00. The molecular weight excluding hydrogens is 274 g/mol. The van der Waals surface area contributed by atoms with Crippen molar-refractivity contribution >= 4 is 11.9 Å². The zero-order valence-electron chi connectivity index (χ0n) is 11.4. The molecule has 2 aliphatic rings. The Kier molecular flexibility index (Phi) is 3.70. The molecule has 1 aromatic rings. The van der Waals surface area contributed by atoms with Crippen molar-refractivity contribution in [2.75, 3.05) is 13.2 Å². The number of rotatable bonds is 2. The lowest BCUT2D eigenvalue weighted by atomic mass is 10.0. The summed E-state index contributed by atoms with van der Waals surface area (Å²) in [5.74, 6) is -0.327. The highest BCUT2D eigenvalue weighted by atomic mass is 16.5. The lowest BCUT2D eigenvalue weighted by molar-refractivity contribution is -0.0141. The number of hydrogen-bond donors (Lipinski definition) is 2. The second kappa shape index (κ2) is 5.65. The van der Waals surface area contributed by atoms with E-state index in [0.29, 0.717) is 13.2 Å². The van der Waals surface area contributed by atoms with E-state index < -0.39 is 6.03 Å². The fraction of sp³-hybridized carbons (Fsp3) is 0.538. The molecule has 3 heterocycles. The van der Waals surface area contributed by atoms with Gasteiger partial charge in [-0.15, -0.1) is 0 Å². The van der Waals surface area contributed by atoms with Crippen LogP contribution in [0.15, 0.2) is 18.6 Å². The second-order valence-corrected chi connectivity index (χ2v) is 5.21. The molecule has 3 N–H and O–H groups in total. The largest absolute Gasteiger partial charge is 0.374 e. The lowest BCUT2D eigenvalue weighted by Gasteiger charge is -2.31. The molecule has 8 nitrogen and oxygen atoms in total. The van der Waals surface area contributed by atoms with Crippen molar-refractivity contribution in [2.24, 2.45) is 5.73 Å². The van der Waals surface area contributed by atoms with Crippen LogP contribution >= 0.6 is 0 Å². The molecule has 1 aromatic heterocycles. The molecule has 2 fully saturated rings. The van der Waals surface area contributed by atoms with Crippen LogP contribution in [0.2, 0.25) is 0 Å². The van der Waals surface area contributed by atoms with Gasteiger partial charge in [0.2, 0.25) is 0 Å². The van der Waals surface area contributed by atoms with Gasteiger partial charge >= 0.3 is 6.03 Å². The summed E-state index contributed by atoms with van der Waals surface area (Å²) in [7, 11) is 0. The Morgan fingerprint density at radius 2 is 2.29 bits per heavy atom. The summed E-state index contributed by atoms with van der Waals surface area (Å²) >= 11 is 0. The van der Waals surface area contributed by atoms with E-state index in [0.717, 1.165) is 12.8 Å². The van der Waals surface area contributed by atoms with Crippen molar-refractivity contribution in [2.45, 2.75) is 31.0 Å². The van der Waals surface area contributed by atoms with E-state index in [1.54, 1.807) is 4.90 Å². The molecule has 112 valence electrons. The summed E-state index contributed by atoms with van der Waals surface area (Å²) in [6, 6.07) is -0.826.